The van der Waals surface area contributed by atoms with E-state index in [9.17, 15) is 4.79 Å². The van der Waals surface area contributed by atoms with Crippen molar-refractivity contribution in [2.45, 2.75) is 32.6 Å². The van der Waals surface area contributed by atoms with E-state index in [-0.39, 0.29) is 11.8 Å². The first-order valence-corrected chi connectivity index (χ1v) is 5.82. The highest BCUT2D eigenvalue weighted by atomic mass is 16.2. The number of carbonyl (C=O) groups is 1. The van der Waals surface area contributed by atoms with Gasteiger partial charge in [-0.3, -0.25) is 10.2 Å². The molecular weight excluding hydrogens is 190 g/mol. The predicted molar refractivity (Wildman–Crippen MR) is 60.9 cm³/mol. The van der Waals surface area contributed by atoms with Crippen LogP contribution in [-0.2, 0) is 4.79 Å². The molecule has 88 valence electrons. The molecule has 0 radical (unpaired) electrons. The zero-order chi connectivity index (χ0) is 11.3. The summed E-state index contributed by atoms with van der Waals surface area (Å²) in [7, 11) is 2.08. The zero-order valence-electron chi connectivity index (χ0n) is 9.83. The number of nitrogens with one attached hydrogen (secondary N) is 1. The van der Waals surface area contributed by atoms with E-state index in [2.05, 4.69) is 17.4 Å². The van der Waals surface area contributed by atoms with Gasteiger partial charge in [0.05, 0.1) is 0 Å². The molecule has 0 aromatic carbocycles. The minimum atomic E-state index is -0.0757. The number of hydrogen-bond donors (Lipinski definition) is 2. The molecule has 1 aliphatic rings. The molecule has 1 fully saturated rings. The van der Waals surface area contributed by atoms with Crippen molar-refractivity contribution in [3.63, 3.8) is 0 Å². The van der Waals surface area contributed by atoms with Gasteiger partial charge in [-0.25, -0.2) is 5.84 Å². The average Bonchev–Trinajstić information content (AvgIpc) is 2.68. The van der Waals surface area contributed by atoms with Crippen molar-refractivity contribution in [1.29, 1.82) is 0 Å². The summed E-state index contributed by atoms with van der Waals surface area (Å²) in [5.74, 6) is 5.83. The Bertz CT molecular complexity index is 202. The van der Waals surface area contributed by atoms with Crippen LogP contribution in [0.4, 0.5) is 0 Å². The van der Waals surface area contributed by atoms with Crippen LogP contribution >= 0.6 is 0 Å². The van der Waals surface area contributed by atoms with Crippen LogP contribution in [0.1, 0.15) is 32.6 Å². The molecule has 1 atom stereocenters. The molecule has 1 amide bonds. The first-order valence-electron chi connectivity index (χ1n) is 5.82. The van der Waals surface area contributed by atoms with Crippen molar-refractivity contribution in [2.75, 3.05) is 20.1 Å². The molecule has 0 aliphatic heterocycles. The molecule has 0 saturated heterocycles. The number of hydrazine groups is 1. The second-order valence-electron chi connectivity index (χ2n) is 4.78. The molecule has 0 aromatic rings. The summed E-state index contributed by atoms with van der Waals surface area (Å²) in [6.45, 7) is 3.81. The van der Waals surface area contributed by atoms with Crippen molar-refractivity contribution in [1.82, 2.24) is 10.3 Å². The fourth-order valence-corrected chi connectivity index (χ4v) is 2.40. The van der Waals surface area contributed by atoms with E-state index < -0.39 is 0 Å². The third-order valence-corrected chi connectivity index (χ3v) is 3.22. The molecule has 4 heteroatoms. The quantitative estimate of drug-likeness (QED) is 0.402. The molecular formula is C11H23N3O. The Morgan fingerprint density at radius 3 is 2.67 bits per heavy atom. The van der Waals surface area contributed by atoms with Gasteiger partial charge < -0.3 is 4.90 Å². The van der Waals surface area contributed by atoms with Gasteiger partial charge >= 0.3 is 0 Å². The highest BCUT2D eigenvalue weighted by Gasteiger charge is 2.19. The van der Waals surface area contributed by atoms with E-state index in [0.29, 0.717) is 0 Å². The van der Waals surface area contributed by atoms with Crippen LogP contribution < -0.4 is 11.3 Å². The largest absolute Gasteiger partial charge is 0.305 e. The summed E-state index contributed by atoms with van der Waals surface area (Å²) in [6.07, 6.45) is 5.44. The van der Waals surface area contributed by atoms with Crippen LogP contribution in [0.25, 0.3) is 0 Å². The summed E-state index contributed by atoms with van der Waals surface area (Å²) in [4.78, 5) is 13.5. The van der Waals surface area contributed by atoms with Gasteiger partial charge in [0.15, 0.2) is 0 Å². The van der Waals surface area contributed by atoms with Crippen molar-refractivity contribution in [3.8, 4) is 0 Å². The van der Waals surface area contributed by atoms with Crippen LogP contribution in [0.15, 0.2) is 0 Å². The van der Waals surface area contributed by atoms with E-state index in [1.807, 2.05) is 6.92 Å². The second kappa shape index (κ2) is 6.08. The fourth-order valence-electron chi connectivity index (χ4n) is 2.40. The molecule has 1 aliphatic carbocycles. The number of rotatable bonds is 5. The van der Waals surface area contributed by atoms with Crippen molar-refractivity contribution >= 4 is 5.91 Å². The lowest BCUT2D eigenvalue weighted by atomic mass is 10.1. The predicted octanol–water partition coefficient (Wildman–Crippen LogP) is 0.734. The Morgan fingerprint density at radius 1 is 1.53 bits per heavy atom. The van der Waals surface area contributed by atoms with Gasteiger partial charge in [-0.2, -0.15) is 0 Å². The third kappa shape index (κ3) is 4.18. The summed E-state index contributed by atoms with van der Waals surface area (Å²) >= 11 is 0. The number of hydrogen-bond acceptors (Lipinski definition) is 3. The number of nitrogens with zero attached hydrogens (tertiary/aromatic N) is 1. The van der Waals surface area contributed by atoms with E-state index >= 15 is 0 Å². The molecule has 0 heterocycles. The maximum Gasteiger partial charge on any atom is 0.237 e. The summed E-state index contributed by atoms with van der Waals surface area (Å²) in [6, 6.07) is 0. The molecule has 3 N–H and O–H groups in total. The lowest BCUT2D eigenvalue weighted by Gasteiger charge is -2.23. The monoisotopic (exact) mass is 213 g/mol. The number of nitrogens with two attached hydrogens (primary N) is 1. The minimum Gasteiger partial charge on any atom is -0.305 e. The van der Waals surface area contributed by atoms with Crippen LogP contribution in [0.3, 0.4) is 0 Å². The Balaban J connectivity index is 2.22. The number of amides is 1. The van der Waals surface area contributed by atoms with Gasteiger partial charge in [-0.05, 0) is 25.8 Å². The van der Waals surface area contributed by atoms with Crippen molar-refractivity contribution in [3.05, 3.63) is 0 Å². The lowest BCUT2D eigenvalue weighted by molar-refractivity contribution is -0.125. The summed E-state index contributed by atoms with van der Waals surface area (Å²) in [5.41, 5.74) is 2.20. The maximum atomic E-state index is 11.2. The average molecular weight is 213 g/mol. The summed E-state index contributed by atoms with van der Waals surface area (Å²) in [5, 5.41) is 0. The highest BCUT2D eigenvalue weighted by Crippen LogP contribution is 2.25. The Morgan fingerprint density at radius 2 is 2.13 bits per heavy atom. The zero-order valence-corrected chi connectivity index (χ0v) is 9.83. The molecule has 0 aromatic heterocycles. The van der Waals surface area contributed by atoms with Crippen LogP contribution in [0.2, 0.25) is 0 Å². The minimum absolute atomic E-state index is 0.0265. The first-order chi connectivity index (χ1) is 7.13. The normalized spacial score (nSPS) is 19.5. The second-order valence-corrected chi connectivity index (χ2v) is 4.78. The standard InChI is InChI=1S/C11H23N3O/c1-9(11(15)13-12)7-14(2)8-10-5-3-4-6-10/h9-10H,3-8,12H2,1-2H3,(H,13,15). The van der Waals surface area contributed by atoms with Gasteiger partial charge in [0.2, 0.25) is 5.91 Å². The van der Waals surface area contributed by atoms with Gasteiger partial charge in [0.1, 0.15) is 0 Å². The molecule has 0 bridgehead atoms. The smallest absolute Gasteiger partial charge is 0.237 e. The van der Waals surface area contributed by atoms with Crippen molar-refractivity contribution < 1.29 is 4.79 Å². The van der Waals surface area contributed by atoms with Gasteiger partial charge in [-0.15, -0.1) is 0 Å². The Labute approximate surface area is 92.2 Å². The van der Waals surface area contributed by atoms with Gasteiger partial charge in [0.25, 0.3) is 0 Å². The first kappa shape index (κ1) is 12.5. The molecule has 1 rings (SSSR count). The van der Waals surface area contributed by atoms with E-state index in [1.54, 1.807) is 0 Å². The molecule has 4 nitrogen and oxygen atoms in total. The Kier molecular flexibility index (Phi) is 5.05. The topological polar surface area (TPSA) is 58.4 Å². The molecule has 15 heavy (non-hydrogen) atoms. The lowest BCUT2D eigenvalue weighted by Crippen LogP contribution is -2.40. The Hall–Kier alpha value is -0.610. The van der Waals surface area contributed by atoms with E-state index in [1.165, 1.54) is 25.7 Å². The molecule has 1 unspecified atom stereocenters. The fraction of sp³-hybridized carbons (Fsp3) is 0.909. The molecule has 0 spiro atoms. The summed E-state index contributed by atoms with van der Waals surface area (Å²) < 4.78 is 0. The van der Waals surface area contributed by atoms with E-state index in [4.69, 9.17) is 5.84 Å². The third-order valence-electron chi connectivity index (χ3n) is 3.22. The highest BCUT2D eigenvalue weighted by molar-refractivity contribution is 5.77. The van der Waals surface area contributed by atoms with Crippen molar-refractivity contribution in [2.24, 2.45) is 17.7 Å². The van der Waals surface area contributed by atoms with Crippen LogP contribution in [0, 0.1) is 11.8 Å². The molecule has 1 saturated carbocycles. The van der Waals surface area contributed by atoms with Gasteiger partial charge in [0, 0.05) is 19.0 Å². The van der Waals surface area contributed by atoms with Crippen LogP contribution in [-0.4, -0.2) is 30.9 Å². The number of carbonyl (C=O) groups excluding carboxylic acids is 1. The maximum absolute atomic E-state index is 11.2. The van der Waals surface area contributed by atoms with Crippen LogP contribution in [0.5, 0.6) is 0 Å². The van der Waals surface area contributed by atoms with E-state index in [0.717, 1.165) is 19.0 Å². The van der Waals surface area contributed by atoms with Gasteiger partial charge in [-0.1, -0.05) is 19.8 Å². The SMILES string of the molecule is CC(CN(C)CC1CCCC1)C(=O)NN.